The molecule has 0 atom stereocenters. The normalized spacial score (nSPS) is 20.9. The van der Waals surface area contributed by atoms with Crippen molar-refractivity contribution in [1.82, 2.24) is 10.2 Å². The van der Waals surface area contributed by atoms with Crippen molar-refractivity contribution >= 4 is 5.97 Å². The molecule has 4 heteroatoms. The number of benzene rings is 1. The number of hydrogen-bond donors (Lipinski definition) is 2. The van der Waals surface area contributed by atoms with Crippen LogP contribution in [-0.2, 0) is 16.6 Å². The molecular weight excluding hydrogens is 300 g/mol. The molecule has 1 aromatic carbocycles. The van der Waals surface area contributed by atoms with Gasteiger partial charge in [-0.2, -0.15) is 0 Å². The zero-order valence-corrected chi connectivity index (χ0v) is 15.5. The SMILES string of the molecule is CCN(CC(=O)O)C1CC(NCCc2ccc(C(C)(C)C)cc2)C1. The summed E-state index contributed by atoms with van der Waals surface area (Å²) in [6.45, 7) is 10.7. The van der Waals surface area contributed by atoms with Gasteiger partial charge in [-0.05, 0) is 48.9 Å². The lowest BCUT2D eigenvalue weighted by atomic mass is 9.85. The minimum atomic E-state index is -0.730. The Morgan fingerprint density at radius 1 is 1.25 bits per heavy atom. The molecule has 4 nitrogen and oxygen atoms in total. The standard InChI is InChI=1S/C20H32N2O2/c1-5-22(14-19(23)24)18-12-17(13-18)21-11-10-15-6-8-16(9-7-15)20(2,3)4/h6-9,17-18,21H,5,10-14H2,1-4H3,(H,23,24). The summed E-state index contributed by atoms with van der Waals surface area (Å²) in [7, 11) is 0. The van der Waals surface area contributed by atoms with E-state index in [-0.39, 0.29) is 12.0 Å². The highest BCUT2D eigenvalue weighted by atomic mass is 16.4. The molecule has 0 bridgehead atoms. The van der Waals surface area contributed by atoms with Gasteiger partial charge in [-0.25, -0.2) is 0 Å². The van der Waals surface area contributed by atoms with Crippen molar-refractivity contribution in [3.05, 3.63) is 35.4 Å². The van der Waals surface area contributed by atoms with Gasteiger partial charge >= 0.3 is 5.97 Å². The van der Waals surface area contributed by atoms with E-state index in [0.717, 1.165) is 32.4 Å². The maximum absolute atomic E-state index is 10.9. The van der Waals surface area contributed by atoms with Gasteiger partial charge in [0.2, 0.25) is 0 Å². The molecule has 0 amide bonds. The molecule has 24 heavy (non-hydrogen) atoms. The largest absolute Gasteiger partial charge is 0.480 e. The van der Waals surface area contributed by atoms with E-state index < -0.39 is 5.97 Å². The van der Waals surface area contributed by atoms with Crippen molar-refractivity contribution in [2.24, 2.45) is 0 Å². The number of carboxylic acid groups (broad SMARTS) is 1. The first-order valence-corrected chi connectivity index (χ1v) is 9.08. The van der Waals surface area contributed by atoms with E-state index in [0.29, 0.717) is 12.1 Å². The molecule has 134 valence electrons. The van der Waals surface area contributed by atoms with Gasteiger partial charge in [0.15, 0.2) is 0 Å². The zero-order valence-electron chi connectivity index (χ0n) is 15.5. The van der Waals surface area contributed by atoms with Crippen molar-refractivity contribution in [1.29, 1.82) is 0 Å². The van der Waals surface area contributed by atoms with Crippen molar-refractivity contribution in [3.8, 4) is 0 Å². The number of rotatable bonds is 8. The second-order valence-corrected chi connectivity index (χ2v) is 7.93. The molecule has 1 fully saturated rings. The topological polar surface area (TPSA) is 52.6 Å². The van der Waals surface area contributed by atoms with Crippen molar-refractivity contribution in [2.75, 3.05) is 19.6 Å². The third-order valence-corrected chi connectivity index (χ3v) is 5.04. The molecule has 1 aliphatic carbocycles. The van der Waals surface area contributed by atoms with E-state index in [9.17, 15) is 4.79 Å². The Bertz CT molecular complexity index is 528. The maximum atomic E-state index is 10.9. The molecule has 1 saturated carbocycles. The van der Waals surface area contributed by atoms with E-state index in [1.54, 1.807) is 0 Å². The molecule has 2 rings (SSSR count). The molecule has 1 aliphatic rings. The minimum Gasteiger partial charge on any atom is -0.480 e. The van der Waals surface area contributed by atoms with Crippen LogP contribution in [0.2, 0.25) is 0 Å². The number of hydrogen-bond acceptors (Lipinski definition) is 3. The fraction of sp³-hybridized carbons (Fsp3) is 0.650. The van der Waals surface area contributed by atoms with Crippen LogP contribution in [0.3, 0.4) is 0 Å². The van der Waals surface area contributed by atoms with Crippen molar-refractivity contribution < 1.29 is 9.90 Å². The average molecular weight is 332 g/mol. The lowest BCUT2D eigenvalue weighted by Gasteiger charge is -2.42. The summed E-state index contributed by atoms with van der Waals surface area (Å²) in [5, 5.41) is 12.5. The van der Waals surface area contributed by atoms with Gasteiger partial charge < -0.3 is 10.4 Å². The average Bonchev–Trinajstić information content (AvgIpc) is 2.47. The van der Waals surface area contributed by atoms with Crippen LogP contribution in [0.4, 0.5) is 0 Å². The van der Waals surface area contributed by atoms with Crippen LogP contribution in [-0.4, -0.2) is 47.7 Å². The lowest BCUT2D eigenvalue weighted by molar-refractivity contribution is -0.139. The fourth-order valence-electron chi connectivity index (χ4n) is 3.32. The van der Waals surface area contributed by atoms with Gasteiger partial charge in [0.05, 0.1) is 6.54 Å². The van der Waals surface area contributed by atoms with Gasteiger partial charge in [-0.15, -0.1) is 0 Å². The first-order valence-electron chi connectivity index (χ1n) is 9.08. The Balaban J connectivity index is 1.68. The second-order valence-electron chi connectivity index (χ2n) is 7.93. The van der Waals surface area contributed by atoms with Gasteiger partial charge in [0, 0.05) is 12.1 Å². The molecule has 0 saturated heterocycles. The number of nitrogens with zero attached hydrogens (tertiary/aromatic N) is 1. The molecule has 0 aliphatic heterocycles. The third kappa shape index (κ3) is 5.32. The minimum absolute atomic E-state index is 0.161. The van der Waals surface area contributed by atoms with Gasteiger partial charge in [-0.1, -0.05) is 52.0 Å². The van der Waals surface area contributed by atoms with E-state index in [4.69, 9.17) is 5.11 Å². The van der Waals surface area contributed by atoms with Crippen LogP contribution < -0.4 is 5.32 Å². The molecule has 0 radical (unpaired) electrons. The molecule has 2 N–H and O–H groups in total. The molecule has 1 aromatic rings. The number of carbonyl (C=O) groups is 1. The summed E-state index contributed by atoms with van der Waals surface area (Å²) in [5.41, 5.74) is 2.95. The number of aliphatic carboxylic acids is 1. The Hall–Kier alpha value is -1.39. The van der Waals surface area contributed by atoms with Crippen LogP contribution in [0.25, 0.3) is 0 Å². The first-order chi connectivity index (χ1) is 11.3. The van der Waals surface area contributed by atoms with E-state index in [2.05, 4.69) is 55.3 Å². The van der Waals surface area contributed by atoms with E-state index in [1.807, 2.05) is 6.92 Å². The Morgan fingerprint density at radius 3 is 2.38 bits per heavy atom. The van der Waals surface area contributed by atoms with Crippen LogP contribution in [0, 0.1) is 0 Å². The quantitative estimate of drug-likeness (QED) is 0.768. The maximum Gasteiger partial charge on any atom is 0.317 e. The monoisotopic (exact) mass is 332 g/mol. The molecule has 0 spiro atoms. The number of likely N-dealkylation sites (N-methyl/N-ethyl adjacent to an activating group) is 1. The van der Waals surface area contributed by atoms with Crippen molar-refractivity contribution in [2.45, 2.75) is 64.5 Å². The van der Waals surface area contributed by atoms with Crippen LogP contribution in [0.5, 0.6) is 0 Å². The molecular formula is C20H32N2O2. The summed E-state index contributed by atoms with van der Waals surface area (Å²) in [5.74, 6) is -0.730. The highest BCUT2D eigenvalue weighted by Gasteiger charge is 2.33. The molecule has 0 aromatic heterocycles. The van der Waals surface area contributed by atoms with E-state index in [1.165, 1.54) is 11.1 Å². The van der Waals surface area contributed by atoms with E-state index >= 15 is 0 Å². The predicted octanol–water partition coefficient (Wildman–Crippen LogP) is 3.05. The van der Waals surface area contributed by atoms with Crippen LogP contribution in [0.15, 0.2) is 24.3 Å². The Morgan fingerprint density at radius 2 is 1.88 bits per heavy atom. The Kier molecular flexibility index (Phi) is 6.41. The summed E-state index contributed by atoms with van der Waals surface area (Å²) in [6.07, 6.45) is 3.16. The Labute approximate surface area is 146 Å². The highest BCUT2D eigenvalue weighted by molar-refractivity contribution is 5.69. The first kappa shape index (κ1) is 18.9. The summed E-state index contributed by atoms with van der Waals surface area (Å²) in [4.78, 5) is 12.9. The second kappa shape index (κ2) is 8.13. The lowest BCUT2D eigenvalue weighted by Crippen LogP contribution is -2.53. The van der Waals surface area contributed by atoms with Gasteiger partial charge in [0.1, 0.15) is 0 Å². The predicted molar refractivity (Wildman–Crippen MR) is 98.5 cm³/mol. The summed E-state index contributed by atoms with van der Waals surface area (Å²) in [6, 6.07) is 9.90. The van der Waals surface area contributed by atoms with Gasteiger partial charge in [0.25, 0.3) is 0 Å². The van der Waals surface area contributed by atoms with Crippen LogP contribution >= 0.6 is 0 Å². The number of carboxylic acids is 1. The molecule has 0 unspecified atom stereocenters. The third-order valence-electron chi connectivity index (χ3n) is 5.04. The van der Waals surface area contributed by atoms with Crippen molar-refractivity contribution in [3.63, 3.8) is 0 Å². The van der Waals surface area contributed by atoms with Crippen LogP contribution in [0.1, 0.15) is 51.7 Å². The number of nitrogens with one attached hydrogen (secondary N) is 1. The zero-order chi connectivity index (χ0) is 17.7. The van der Waals surface area contributed by atoms with Gasteiger partial charge in [-0.3, -0.25) is 9.69 Å². The highest BCUT2D eigenvalue weighted by Crippen LogP contribution is 2.25. The molecule has 0 heterocycles. The fourth-order valence-corrected chi connectivity index (χ4v) is 3.32. The summed E-state index contributed by atoms with van der Waals surface area (Å²) >= 11 is 0. The smallest absolute Gasteiger partial charge is 0.317 e. The summed E-state index contributed by atoms with van der Waals surface area (Å²) < 4.78 is 0.